The molecule has 0 saturated carbocycles. The molecule has 5 rings (SSSR count). The summed E-state index contributed by atoms with van der Waals surface area (Å²) in [5.74, 6) is -0.464. The Bertz CT molecular complexity index is 1560. The maximum Gasteiger partial charge on any atom is 0.339 e. The van der Waals surface area contributed by atoms with E-state index in [9.17, 15) is 10.1 Å². The molecule has 0 amide bonds. The number of esters is 1. The van der Waals surface area contributed by atoms with Crippen LogP contribution in [0.25, 0.3) is 22.0 Å². The Labute approximate surface area is 215 Å². The van der Waals surface area contributed by atoms with E-state index in [0.717, 1.165) is 39.6 Å². The molecule has 0 bridgehead atoms. The summed E-state index contributed by atoms with van der Waals surface area (Å²) >= 11 is 0. The molecular formula is C30H27N5O2. The van der Waals surface area contributed by atoms with Crippen molar-refractivity contribution in [2.75, 3.05) is 12.4 Å². The van der Waals surface area contributed by atoms with E-state index >= 15 is 0 Å². The summed E-state index contributed by atoms with van der Waals surface area (Å²) in [6.07, 6.45) is 7.04. The smallest absolute Gasteiger partial charge is 0.339 e. The molecule has 2 N–H and O–H groups in total. The second-order valence-corrected chi connectivity index (χ2v) is 8.89. The average Bonchev–Trinajstić information content (AvgIpc) is 3.58. The number of nitrogens with one attached hydrogen (secondary N) is 2. The van der Waals surface area contributed by atoms with Gasteiger partial charge in [-0.05, 0) is 47.7 Å². The highest BCUT2D eigenvalue weighted by Crippen LogP contribution is 2.27. The predicted molar refractivity (Wildman–Crippen MR) is 144 cm³/mol. The van der Waals surface area contributed by atoms with Crippen molar-refractivity contribution in [1.82, 2.24) is 14.8 Å². The van der Waals surface area contributed by atoms with Crippen LogP contribution in [0.15, 0.2) is 91.4 Å². The van der Waals surface area contributed by atoms with Gasteiger partial charge >= 0.3 is 5.97 Å². The number of rotatable bonds is 9. The van der Waals surface area contributed by atoms with Crippen LogP contribution in [0.2, 0.25) is 0 Å². The predicted octanol–water partition coefficient (Wildman–Crippen LogP) is 5.80. The maximum absolute atomic E-state index is 12.7. The normalized spacial score (nSPS) is 11.7. The van der Waals surface area contributed by atoms with Gasteiger partial charge in [0.2, 0.25) is 0 Å². The maximum atomic E-state index is 12.7. The summed E-state index contributed by atoms with van der Waals surface area (Å²) in [5.41, 5.74) is 6.08. The monoisotopic (exact) mass is 489 g/mol. The molecular weight excluding hydrogens is 462 g/mol. The second-order valence-electron chi connectivity index (χ2n) is 8.89. The molecule has 3 aromatic carbocycles. The van der Waals surface area contributed by atoms with Gasteiger partial charge in [0.25, 0.3) is 0 Å². The van der Waals surface area contributed by atoms with Crippen LogP contribution in [-0.4, -0.2) is 33.9 Å². The summed E-state index contributed by atoms with van der Waals surface area (Å²) in [7, 11) is 1.36. The molecule has 1 atom stereocenters. The third kappa shape index (κ3) is 5.39. The number of benzene rings is 3. The summed E-state index contributed by atoms with van der Waals surface area (Å²) < 4.78 is 6.91. The largest absolute Gasteiger partial charge is 0.465 e. The summed E-state index contributed by atoms with van der Waals surface area (Å²) in [6, 6.07) is 25.6. The number of hydrogen-bond donors (Lipinski definition) is 2. The number of carbonyl (C=O) groups is 1. The number of carbonyl (C=O) groups excluding carboxylic acids is 1. The minimum atomic E-state index is -0.475. The fourth-order valence-electron chi connectivity index (χ4n) is 4.49. The number of hydrogen-bond acceptors (Lipinski definition) is 5. The zero-order valence-corrected chi connectivity index (χ0v) is 20.5. The molecule has 0 aliphatic heterocycles. The van der Waals surface area contributed by atoms with E-state index in [2.05, 4.69) is 39.7 Å². The highest BCUT2D eigenvalue weighted by Gasteiger charge is 2.18. The Hall–Kier alpha value is -4.83. The van der Waals surface area contributed by atoms with Gasteiger partial charge in [-0.15, -0.1) is 0 Å². The first-order valence-corrected chi connectivity index (χ1v) is 12.1. The number of para-hydroxylation sites is 1. The quantitative estimate of drug-likeness (QED) is 0.255. The van der Waals surface area contributed by atoms with Crippen LogP contribution < -0.4 is 5.32 Å². The van der Waals surface area contributed by atoms with Gasteiger partial charge in [0, 0.05) is 34.5 Å². The lowest BCUT2D eigenvalue weighted by Gasteiger charge is -2.16. The number of anilines is 1. The highest BCUT2D eigenvalue weighted by atomic mass is 16.5. The van der Waals surface area contributed by atoms with E-state index in [-0.39, 0.29) is 0 Å². The van der Waals surface area contributed by atoms with Crippen molar-refractivity contribution in [2.24, 2.45) is 0 Å². The van der Waals surface area contributed by atoms with Gasteiger partial charge in [0.15, 0.2) is 0 Å². The molecule has 7 nitrogen and oxygen atoms in total. The first-order valence-electron chi connectivity index (χ1n) is 12.1. The van der Waals surface area contributed by atoms with Gasteiger partial charge in [0.1, 0.15) is 6.04 Å². The summed E-state index contributed by atoms with van der Waals surface area (Å²) in [4.78, 5) is 15.9. The molecule has 37 heavy (non-hydrogen) atoms. The average molecular weight is 490 g/mol. The Morgan fingerprint density at radius 1 is 1.11 bits per heavy atom. The number of ether oxygens (including phenoxy) is 1. The van der Waals surface area contributed by atoms with Crippen molar-refractivity contribution in [3.63, 3.8) is 0 Å². The van der Waals surface area contributed by atoms with Crippen LogP contribution in [0.1, 0.15) is 27.9 Å². The van der Waals surface area contributed by atoms with Gasteiger partial charge in [-0.3, -0.25) is 4.68 Å². The van der Waals surface area contributed by atoms with Gasteiger partial charge in [-0.1, -0.05) is 54.6 Å². The zero-order valence-electron chi connectivity index (χ0n) is 20.5. The number of aromatic nitrogens is 3. The number of aromatic amines is 1. The number of H-pyrrole nitrogens is 1. The molecule has 1 unspecified atom stereocenters. The minimum absolute atomic E-state index is 0.378. The molecule has 0 spiro atoms. The summed E-state index contributed by atoms with van der Waals surface area (Å²) in [5, 5.41) is 18.7. The fourth-order valence-corrected chi connectivity index (χ4v) is 4.49. The lowest BCUT2D eigenvalue weighted by Crippen LogP contribution is -2.20. The molecule has 0 aliphatic rings. The van der Waals surface area contributed by atoms with Crippen molar-refractivity contribution in [2.45, 2.75) is 25.4 Å². The molecule has 2 heterocycles. The lowest BCUT2D eigenvalue weighted by atomic mass is 10.0. The van der Waals surface area contributed by atoms with Gasteiger partial charge < -0.3 is 15.0 Å². The zero-order chi connectivity index (χ0) is 25.6. The Kier molecular flexibility index (Phi) is 7.00. The topological polar surface area (TPSA) is 95.7 Å². The minimum Gasteiger partial charge on any atom is -0.465 e. The van der Waals surface area contributed by atoms with Crippen LogP contribution >= 0.6 is 0 Å². The third-order valence-corrected chi connectivity index (χ3v) is 6.44. The van der Waals surface area contributed by atoms with E-state index < -0.39 is 12.0 Å². The van der Waals surface area contributed by atoms with Crippen molar-refractivity contribution in [3.8, 4) is 17.2 Å². The fraction of sp³-hybridized carbons (Fsp3) is 0.167. The van der Waals surface area contributed by atoms with Crippen molar-refractivity contribution < 1.29 is 9.53 Å². The van der Waals surface area contributed by atoms with E-state index in [1.54, 1.807) is 12.3 Å². The summed E-state index contributed by atoms with van der Waals surface area (Å²) in [6.45, 7) is 0.657. The van der Waals surface area contributed by atoms with Crippen LogP contribution in [0, 0.1) is 11.3 Å². The first-order chi connectivity index (χ1) is 18.1. The highest BCUT2D eigenvalue weighted by molar-refractivity contribution is 5.97. The Morgan fingerprint density at radius 2 is 1.92 bits per heavy atom. The van der Waals surface area contributed by atoms with E-state index in [1.807, 2.05) is 65.6 Å². The number of nitrogens with zero attached hydrogens (tertiary/aromatic N) is 3. The molecule has 0 aliphatic carbocycles. The molecule has 0 radical (unpaired) electrons. The molecule has 7 heteroatoms. The number of aryl methyl sites for hydroxylation is 1. The van der Waals surface area contributed by atoms with Gasteiger partial charge in [0.05, 0.1) is 31.5 Å². The van der Waals surface area contributed by atoms with Crippen LogP contribution in [0.5, 0.6) is 0 Å². The van der Waals surface area contributed by atoms with E-state index in [1.165, 1.54) is 7.11 Å². The van der Waals surface area contributed by atoms with E-state index in [4.69, 9.17) is 4.74 Å². The van der Waals surface area contributed by atoms with Crippen molar-refractivity contribution >= 4 is 22.6 Å². The lowest BCUT2D eigenvalue weighted by molar-refractivity contribution is 0.0602. The van der Waals surface area contributed by atoms with E-state index in [0.29, 0.717) is 24.2 Å². The van der Waals surface area contributed by atoms with Crippen molar-refractivity contribution in [1.29, 1.82) is 5.26 Å². The molecule has 184 valence electrons. The molecule has 2 aromatic heterocycles. The number of nitriles is 1. The number of methoxy groups -OCH3 is 1. The molecule has 5 aromatic rings. The Morgan fingerprint density at radius 3 is 2.73 bits per heavy atom. The van der Waals surface area contributed by atoms with Gasteiger partial charge in [-0.2, -0.15) is 10.4 Å². The van der Waals surface area contributed by atoms with Crippen molar-refractivity contribution in [3.05, 3.63) is 108 Å². The first kappa shape index (κ1) is 23.9. The SMILES string of the molecule is COC(=O)c1cc(-c2cnn(Cc3ccccc3)c2)ccc1NC(C#N)CCc1c[nH]c2ccccc12. The van der Waals surface area contributed by atoms with Crippen LogP contribution in [0.3, 0.4) is 0 Å². The van der Waals surface area contributed by atoms with Crippen LogP contribution in [-0.2, 0) is 17.7 Å². The van der Waals surface area contributed by atoms with Crippen LogP contribution in [0.4, 0.5) is 5.69 Å². The third-order valence-electron chi connectivity index (χ3n) is 6.44. The Balaban J connectivity index is 1.33. The standard InChI is InChI=1S/C30H27N5O2/c1-37-30(36)27-15-22(24-18-33-35(20-24)19-21-7-3-2-4-8-21)12-14-29(27)34-25(16-31)13-11-23-17-32-28-10-6-5-9-26(23)28/h2-10,12,14-15,17-18,20,25,32,34H,11,13,19H2,1H3. The second kappa shape index (κ2) is 10.8. The van der Waals surface area contributed by atoms with Gasteiger partial charge in [-0.25, -0.2) is 4.79 Å². The number of fused-ring (bicyclic) bond motifs is 1. The molecule has 0 saturated heterocycles. The molecule has 0 fully saturated rings.